The van der Waals surface area contributed by atoms with Gasteiger partial charge in [0.15, 0.2) is 0 Å². The maximum atomic E-state index is 10.0. The third kappa shape index (κ3) is 2.15. The Hall–Kier alpha value is -1.60. The molecule has 1 atom stereocenters. The number of aromatic nitrogens is 1. The smallest absolute Gasteiger partial charge is 0.146 e. The number of rotatable bonds is 1. The van der Waals surface area contributed by atoms with Crippen molar-refractivity contribution < 1.29 is 5.11 Å². The average molecular weight is 217 g/mol. The van der Waals surface area contributed by atoms with E-state index in [1.807, 2.05) is 11.8 Å². The van der Waals surface area contributed by atoms with Crippen LogP contribution in [0.15, 0.2) is 18.3 Å². The van der Waals surface area contributed by atoms with Crippen LogP contribution in [-0.4, -0.2) is 28.8 Å². The Morgan fingerprint density at radius 1 is 1.62 bits per heavy atom. The van der Waals surface area contributed by atoms with Crippen LogP contribution in [0.1, 0.15) is 25.3 Å². The molecule has 1 aromatic rings. The molecule has 4 nitrogen and oxygen atoms in total. The number of β-amino-alcohol motifs (C(OH)–C–C–N with tert-alkyl or cyclic N) is 1. The van der Waals surface area contributed by atoms with Crippen LogP contribution in [0, 0.1) is 11.3 Å². The van der Waals surface area contributed by atoms with Crippen molar-refractivity contribution in [1.29, 1.82) is 5.26 Å². The topological polar surface area (TPSA) is 60.1 Å². The number of pyridine rings is 1. The quantitative estimate of drug-likeness (QED) is 0.770. The number of nitrogens with zero attached hydrogens (tertiary/aromatic N) is 3. The summed E-state index contributed by atoms with van der Waals surface area (Å²) in [7, 11) is 0. The Bertz CT molecular complexity index is 423. The summed E-state index contributed by atoms with van der Waals surface area (Å²) in [6, 6.07) is 5.64. The Kier molecular flexibility index (Phi) is 2.80. The molecular formula is C12H15N3O. The maximum Gasteiger partial charge on any atom is 0.146 e. The zero-order valence-corrected chi connectivity index (χ0v) is 9.35. The van der Waals surface area contributed by atoms with Crippen molar-refractivity contribution in [3.05, 3.63) is 23.9 Å². The van der Waals surface area contributed by atoms with E-state index in [1.54, 1.807) is 18.3 Å². The molecule has 84 valence electrons. The monoisotopic (exact) mass is 217 g/mol. The van der Waals surface area contributed by atoms with Gasteiger partial charge in [-0.3, -0.25) is 0 Å². The number of piperidine rings is 1. The molecule has 1 fully saturated rings. The normalized spacial score (nSPS) is 25.2. The molecular weight excluding hydrogens is 202 g/mol. The summed E-state index contributed by atoms with van der Waals surface area (Å²) in [6.45, 7) is 3.22. The van der Waals surface area contributed by atoms with Crippen LogP contribution in [0.3, 0.4) is 0 Å². The van der Waals surface area contributed by atoms with Gasteiger partial charge in [0.05, 0.1) is 11.2 Å². The number of anilines is 1. The minimum absolute atomic E-state index is 0.540. The van der Waals surface area contributed by atoms with Gasteiger partial charge in [-0.25, -0.2) is 4.98 Å². The van der Waals surface area contributed by atoms with E-state index in [0.717, 1.165) is 19.4 Å². The predicted octanol–water partition coefficient (Wildman–Crippen LogP) is 1.30. The van der Waals surface area contributed by atoms with Gasteiger partial charge in [-0.2, -0.15) is 5.26 Å². The first-order chi connectivity index (χ1) is 7.62. The summed E-state index contributed by atoms with van der Waals surface area (Å²) in [5.41, 5.74) is -0.108. The fourth-order valence-electron chi connectivity index (χ4n) is 2.14. The van der Waals surface area contributed by atoms with Gasteiger partial charge < -0.3 is 10.0 Å². The number of hydrogen-bond acceptors (Lipinski definition) is 4. The second-order valence-electron chi connectivity index (χ2n) is 4.51. The highest BCUT2D eigenvalue weighted by atomic mass is 16.3. The Morgan fingerprint density at radius 3 is 3.12 bits per heavy atom. The molecule has 2 heterocycles. The highest BCUT2D eigenvalue weighted by Gasteiger charge is 2.29. The molecule has 0 radical (unpaired) electrons. The molecule has 0 aliphatic carbocycles. The van der Waals surface area contributed by atoms with E-state index >= 15 is 0 Å². The summed E-state index contributed by atoms with van der Waals surface area (Å²) in [4.78, 5) is 6.22. The van der Waals surface area contributed by atoms with Gasteiger partial charge in [0, 0.05) is 19.3 Å². The minimum Gasteiger partial charge on any atom is -0.388 e. The molecule has 1 aliphatic rings. The van der Waals surface area contributed by atoms with Crippen molar-refractivity contribution >= 4 is 5.82 Å². The summed E-state index contributed by atoms with van der Waals surface area (Å²) in [5, 5.41) is 19.0. The minimum atomic E-state index is -0.678. The van der Waals surface area contributed by atoms with Gasteiger partial charge in [0.1, 0.15) is 11.9 Å². The van der Waals surface area contributed by atoms with Gasteiger partial charge in [0.2, 0.25) is 0 Å². The largest absolute Gasteiger partial charge is 0.388 e. The first kappa shape index (κ1) is 10.9. The summed E-state index contributed by atoms with van der Waals surface area (Å²) >= 11 is 0. The van der Waals surface area contributed by atoms with Crippen molar-refractivity contribution in [2.45, 2.75) is 25.4 Å². The maximum absolute atomic E-state index is 10.0. The van der Waals surface area contributed by atoms with Crippen LogP contribution in [0.25, 0.3) is 0 Å². The highest BCUT2D eigenvalue weighted by molar-refractivity contribution is 5.53. The first-order valence-electron chi connectivity index (χ1n) is 5.45. The molecule has 1 N–H and O–H groups in total. The van der Waals surface area contributed by atoms with Crippen LogP contribution in [0.4, 0.5) is 5.82 Å². The van der Waals surface area contributed by atoms with Crippen LogP contribution in [0.5, 0.6) is 0 Å². The number of hydrogen-bond donors (Lipinski definition) is 1. The van der Waals surface area contributed by atoms with Crippen molar-refractivity contribution in [3.8, 4) is 6.07 Å². The fraction of sp³-hybridized carbons (Fsp3) is 0.500. The van der Waals surface area contributed by atoms with Gasteiger partial charge in [0.25, 0.3) is 0 Å². The number of nitriles is 1. The average Bonchev–Trinajstić information content (AvgIpc) is 2.27. The van der Waals surface area contributed by atoms with E-state index < -0.39 is 5.60 Å². The fourth-order valence-corrected chi connectivity index (χ4v) is 2.14. The molecule has 0 bridgehead atoms. The first-order valence-corrected chi connectivity index (χ1v) is 5.45. The van der Waals surface area contributed by atoms with Crippen LogP contribution < -0.4 is 4.90 Å². The molecule has 1 unspecified atom stereocenters. The van der Waals surface area contributed by atoms with Crippen LogP contribution >= 0.6 is 0 Å². The van der Waals surface area contributed by atoms with E-state index in [1.165, 1.54) is 0 Å². The molecule has 0 spiro atoms. The zero-order valence-electron chi connectivity index (χ0n) is 9.35. The standard InChI is InChI=1S/C12H15N3O/c1-12(16)5-3-7-15(9-12)11-10(8-13)4-2-6-14-11/h2,4,6,16H,3,5,7,9H2,1H3. The molecule has 0 aromatic carbocycles. The zero-order chi connectivity index (χ0) is 11.6. The Morgan fingerprint density at radius 2 is 2.44 bits per heavy atom. The Labute approximate surface area is 95.1 Å². The van der Waals surface area contributed by atoms with E-state index in [9.17, 15) is 5.11 Å². The second-order valence-corrected chi connectivity index (χ2v) is 4.51. The lowest BCUT2D eigenvalue weighted by molar-refractivity contribution is 0.0447. The molecule has 1 aromatic heterocycles. The number of aliphatic hydroxyl groups is 1. The summed E-state index contributed by atoms with van der Waals surface area (Å²) < 4.78 is 0. The summed E-state index contributed by atoms with van der Waals surface area (Å²) in [6.07, 6.45) is 3.41. The van der Waals surface area contributed by atoms with Gasteiger partial charge in [-0.15, -0.1) is 0 Å². The van der Waals surface area contributed by atoms with Crippen LogP contribution in [-0.2, 0) is 0 Å². The molecule has 4 heteroatoms. The Balaban J connectivity index is 2.27. The van der Waals surface area contributed by atoms with Crippen molar-refractivity contribution in [2.75, 3.05) is 18.0 Å². The predicted molar refractivity (Wildman–Crippen MR) is 61.0 cm³/mol. The third-order valence-electron chi connectivity index (χ3n) is 2.88. The van der Waals surface area contributed by atoms with E-state index in [-0.39, 0.29) is 0 Å². The van der Waals surface area contributed by atoms with Crippen LogP contribution in [0.2, 0.25) is 0 Å². The van der Waals surface area contributed by atoms with Gasteiger partial charge in [-0.05, 0) is 31.9 Å². The molecule has 1 saturated heterocycles. The third-order valence-corrected chi connectivity index (χ3v) is 2.88. The lowest BCUT2D eigenvalue weighted by atomic mass is 9.95. The van der Waals surface area contributed by atoms with Crippen molar-refractivity contribution in [2.24, 2.45) is 0 Å². The lowest BCUT2D eigenvalue weighted by Crippen LogP contribution is -2.46. The van der Waals surface area contributed by atoms with Gasteiger partial charge in [-0.1, -0.05) is 0 Å². The summed E-state index contributed by atoms with van der Waals surface area (Å²) in [5.74, 6) is 0.685. The molecule has 0 saturated carbocycles. The SMILES string of the molecule is CC1(O)CCCN(c2ncccc2C#N)C1. The van der Waals surface area contributed by atoms with Gasteiger partial charge >= 0.3 is 0 Å². The van der Waals surface area contributed by atoms with Crippen molar-refractivity contribution in [1.82, 2.24) is 4.98 Å². The lowest BCUT2D eigenvalue weighted by Gasteiger charge is -2.37. The molecule has 2 rings (SSSR count). The molecule has 1 aliphatic heterocycles. The highest BCUT2D eigenvalue weighted by Crippen LogP contribution is 2.26. The van der Waals surface area contributed by atoms with E-state index in [4.69, 9.17) is 5.26 Å². The molecule has 0 amide bonds. The van der Waals surface area contributed by atoms with E-state index in [0.29, 0.717) is 17.9 Å². The second kappa shape index (κ2) is 4.11. The molecule has 16 heavy (non-hydrogen) atoms. The van der Waals surface area contributed by atoms with E-state index in [2.05, 4.69) is 11.1 Å². The van der Waals surface area contributed by atoms with Crippen molar-refractivity contribution in [3.63, 3.8) is 0 Å².